The van der Waals surface area contributed by atoms with Gasteiger partial charge in [-0.3, -0.25) is 0 Å². The molecule has 0 heterocycles. The topological polar surface area (TPSA) is 42.5 Å². The van der Waals surface area contributed by atoms with E-state index in [0.29, 0.717) is 24.2 Å². The first-order chi connectivity index (χ1) is 13.6. The molecule has 2 N–H and O–H groups in total. The third-order valence-corrected chi connectivity index (χ3v) is 5.93. The van der Waals surface area contributed by atoms with Gasteiger partial charge in [0.1, 0.15) is 11.5 Å². The predicted molar refractivity (Wildman–Crippen MR) is 115 cm³/mol. The molecule has 0 aromatic heterocycles. The van der Waals surface area contributed by atoms with Crippen molar-refractivity contribution in [1.82, 2.24) is 10.6 Å². The van der Waals surface area contributed by atoms with Crippen LogP contribution in [-0.2, 0) is 0 Å². The van der Waals surface area contributed by atoms with E-state index in [1.807, 2.05) is 24.3 Å². The summed E-state index contributed by atoms with van der Waals surface area (Å²) in [5.74, 6) is 1.81. The lowest BCUT2D eigenvalue weighted by atomic mass is 9.88. The zero-order valence-corrected chi connectivity index (χ0v) is 17.6. The number of ether oxygens (including phenoxy) is 2. The Labute approximate surface area is 169 Å². The Morgan fingerprint density at radius 3 is 1.36 bits per heavy atom. The van der Waals surface area contributed by atoms with E-state index in [1.54, 1.807) is 14.2 Å². The van der Waals surface area contributed by atoms with E-state index in [9.17, 15) is 0 Å². The highest BCUT2D eigenvalue weighted by Gasteiger charge is 2.27. The van der Waals surface area contributed by atoms with E-state index in [-0.39, 0.29) is 0 Å². The van der Waals surface area contributed by atoms with Crippen molar-refractivity contribution in [3.63, 3.8) is 0 Å². The Balaban J connectivity index is 1.62. The zero-order chi connectivity index (χ0) is 19.9. The van der Waals surface area contributed by atoms with Crippen molar-refractivity contribution in [2.24, 2.45) is 0 Å². The lowest BCUT2D eigenvalue weighted by molar-refractivity contribution is 0.253. The van der Waals surface area contributed by atoms with Crippen LogP contribution in [0.4, 0.5) is 0 Å². The highest BCUT2D eigenvalue weighted by Crippen LogP contribution is 2.26. The molecule has 152 valence electrons. The molecule has 4 heteroatoms. The van der Waals surface area contributed by atoms with Crippen LogP contribution in [-0.4, -0.2) is 26.3 Å². The normalized spacial score (nSPS) is 21.7. The Morgan fingerprint density at radius 1 is 0.679 bits per heavy atom. The molecule has 3 rings (SSSR count). The number of methoxy groups -OCH3 is 2. The van der Waals surface area contributed by atoms with Crippen LogP contribution in [0.5, 0.6) is 11.5 Å². The summed E-state index contributed by atoms with van der Waals surface area (Å²) in [7, 11) is 3.41. The summed E-state index contributed by atoms with van der Waals surface area (Å²) in [5, 5.41) is 7.75. The van der Waals surface area contributed by atoms with Gasteiger partial charge in [-0.1, -0.05) is 37.1 Å². The van der Waals surface area contributed by atoms with E-state index in [0.717, 1.165) is 11.5 Å². The monoisotopic (exact) mass is 382 g/mol. The van der Waals surface area contributed by atoms with Crippen LogP contribution in [0, 0.1) is 0 Å². The molecule has 4 nitrogen and oxygen atoms in total. The van der Waals surface area contributed by atoms with Crippen LogP contribution in [0.3, 0.4) is 0 Å². The average molecular weight is 383 g/mol. The molecule has 0 spiro atoms. The van der Waals surface area contributed by atoms with Gasteiger partial charge in [-0.05, 0) is 62.1 Å². The summed E-state index contributed by atoms with van der Waals surface area (Å²) in [6.45, 7) is 4.50. The van der Waals surface area contributed by atoms with Gasteiger partial charge in [-0.2, -0.15) is 0 Å². The molecule has 0 bridgehead atoms. The van der Waals surface area contributed by atoms with Crippen molar-refractivity contribution in [1.29, 1.82) is 0 Å². The molecule has 4 atom stereocenters. The zero-order valence-electron chi connectivity index (χ0n) is 17.6. The largest absolute Gasteiger partial charge is 0.497 e. The molecule has 0 aliphatic heterocycles. The standard InChI is InChI=1S/C24H34N2O2/c1-17(19-9-13-21(27-3)14-10-19)25-23-7-5-6-8-24(23)26-18(2)20-11-15-22(28-4)16-12-20/h9-18,23-26H,5-8H2,1-4H3/t17-,18-,23-,24-/m1/s1. The molecule has 0 unspecified atom stereocenters. The molecule has 1 aliphatic carbocycles. The molecule has 1 aliphatic rings. The molecule has 1 fully saturated rings. The Hall–Kier alpha value is -2.04. The van der Waals surface area contributed by atoms with Crippen LogP contribution in [0.25, 0.3) is 0 Å². The molecule has 0 saturated heterocycles. The first-order valence-corrected chi connectivity index (χ1v) is 10.4. The third-order valence-electron chi connectivity index (χ3n) is 5.93. The van der Waals surface area contributed by atoms with Gasteiger partial charge in [-0.15, -0.1) is 0 Å². The van der Waals surface area contributed by atoms with Crippen LogP contribution in [0.15, 0.2) is 48.5 Å². The Kier molecular flexibility index (Phi) is 7.35. The summed E-state index contributed by atoms with van der Waals surface area (Å²) >= 11 is 0. The van der Waals surface area contributed by atoms with Gasteiger partial charge in [0.2, 0.25) is 0 Å². The number of rotatable bonds is 8. The molecule has 2 aromatic rings. The minimum atomic E-state index is 0.314. The average Bonchev–Trinajstić information content (AvgIpc) is 2.75. The second-order valence-corrected chi connectivity index (χ2v) is 7.82. The molecule has 0 amide bonds. The van der Waals surface area contributed by atoms with E-state index < -0.39 is 0 Å². The quantitative estimate of drug-likeness (QED) is 0.673. The van der Waals surface area contributed by atoms with Crippen molar-refractivity contribution in [3.8, 4) is 11.5 Å². The predicted octanol–water partition coefficient (Wildman–Crippen LogP) is 5.02. The summed E-state index contributed by atoms with van der Waals surface area (Å²) in [6.07, 6.45) is 5.02. The Morgan fingerprint density at radius 2 is 1.04 bits per heavy atom. The number of benzene rings is 2. The first kappa shape index (κ1) is 20.7. The molecule has 0 radical (unpaired) electrons. The summed E-state index contributed by atoms with van der Waals surface area (Å²) in [4.78, 5) is 0. The second-order valence-electron chi connectivity index (χ2n) is 7.82. The molecule has 1 saturated carbocycles. The fourth-order valence-corrected chi connectivity index (χ4v) is 4.15. The van der Waals surface area contributed by atoms with Gasteiger partial charge in [0.15, 0.2) is 0 Å². The fraction of sp³-hybridized carbons (Fsp3) is 0.500. The minimum Gasteiger partial charge on any atom is -0.497 e. The maximum absolute atomic E-state index is 5.28. The van der Waals surface area contributed by atoms with Crippen molar-refractivity contribution < 1.29 is 9.47 Å². The summed E-state index contributed by atoms with van der Waals surface area (Å²) < 4.78 is 10.6. The lowest BCUT2D eigenvalue weighted by Gasteiger charge is -2.37. The highest BCUT2D eigenvalue weighted by atomic mass is 16.5. The van der Waals surface area contributed by atoms with Crippen LogP contribution < -0.4 is 20.1 Å². The maximum atomic E-state index is 5.28. The number of hydrogen-bond donors (Lipinski definition) is 2. The van der Waals surface area contributed by atoms with Crippen LogP contribution >= 0.6 is 0 Å². The first-order valence-electron chi connectivity index (χ1n) is 10.4. The Bertz CT molecular complexity index is 651. The second kappa shape index (κ2) is 9.94. The molecule has 28 heavy (non-hydrogen) atoms. The van der Waals surface area contributed by atoms with Crippen molar-refractivity contribution in [2.45, 2.75) is 63.7 Å². The van der Waals surface area contributed by atoms with Crippen molar-refractivity contribution >= 4 is 0 Å². The number of hydrogen-bond acceptors (Lipinski definition) is 4. The van der Waals surface area contributed by atoms with Crippen LogP contribution in [0.2, 0.25) is 0 Å². The molecular weight excluding hydrogens is 348 g/mol. The van der Waals surface area contributed by atoms with Gasteiger partial charge in [0, 0.05) is 24.2 Å². The van der Waals surface area contributed by atoms with Crippen molar-refractivity contribution in [2.75, 3.05) is 14.2 Å². The van der Waals surface area contributed by atoms with Gasteiger partial charge in [0.05, 0.1) is 14.2 Å². The van der Waals surface area contributed by atoms with E-state index in [4.69, 9.17) is 9.47 Å². The fourth-order valence-electron chi connectivity index (χ4n) is 4.15. The summed E-state index contributed by atoms with van der Waals surface area (Å²) in [5.41, 5.74) is 2.60. The summed E-state index contributed by atoms with van der Waals surface area (Å²) in [6, 6.07) is 18.4. The van der Waals surface area contributed by atoms with Gasteiger partial charge in [0.25, 0.3) is 0 Å². The SMILES string of the molecule is COc1ccc([C@@H](C)N[C@@H]2CCCC[C@H]2N[C@H](C)c2ccc(OC)cc2)cc1. The third kappa shape index (κ3) is 5.27. The van der Waals surface area contributed by atoms with E-state index in [1.165, 1.54) is 36.8 Å². The lowest BCUT2D eigenvalue weighted by Crippen LogP contribution is -2.51. The van der Waals surface area contributed by atoms with E-state index in [2.05, 4.69) is 48.7 Å². The van der Waals surface area contributed by atoms with E-state index >= 15 is 0 Å². The minimum absolute atomic E-state index is 0.314. The van der Waals surface area contributed by atoms with Gasteiger partial charge < -0.3 is 20.1 Å². The maximum Gasteiger partial charge on any atom is 0.118 e. The van der Waals surface area contributed by atoms with Gasteiger partial charge in [-0.25, -0.2) is 0 Å². The van der Waals surface area contributed by atoms with Gasteiger partial charge >= 0.3 is 0 Å². The van der Waals surface area contributed by atoms with Crippen molar-refractivity contribution in [3.05, 3.63) is 59.7 Å². The molecule has 2 aromatic carbocycles. The highest BCUT2D eigenvalue weighted by molar-refractivity contribution is 5.30. The number of nitrogens with one attached hydrogen (secondary N) is 2. The molecular formula is C24H34N2O2. The smallest absolute Gasteiger partial charge is 0.118 e. The van der Waals surface area contributed by atoms with Crippen LogP contribution in [0.1, 0.15) is 62.7 Å².